The summed E-state index contributed by atoms with van der Waals surface area (Å²) in [4.78, 5) is 2.53. The van der Waals surface area contributed by atoms with Crippen molar-refractivity contribution in [2.45, 2.75) is 45.3 Å². The monoisotopic (exact) mass is 294 g/mol. The van der Waals surface area contributed by atoms with Crippen molar-refractivity contribution in [1.29, 1.82) is 0 Å². The zero-order valence-corrected chi connectivity index (χ0v) is 13.8. The van der Waals surface area contributed by atoms with Gasteiger partial charge in [0.1, 0.15) is 0 Å². The number of nitrogens with two attached hydrogens (primary N) is 1. The smallest absolute Gasteiger partial charge is 0.0528 e. The summed E-state index contributed by atoms with van der Waals surface area (Å²) in [5.41, 5.74) is 11.8. The van der Waals surface area contributed by atoms with E-state index in [2.05, 4.69) is 74.2 Å². The molecule has 0 radical (unpaired) electrons. The Morgan fingerprint density at radius 2 is 1.77 bits per heavy atom. The third-order valence-electron chi connectivity index (χ3n) is 4.59. The molecule has 0 aliphatic carbocycles. The average molecular weight is 294 g/mol. The molecule has 0 spiro atoms. The fraction of sp³-hybridized carbons (Fsp3) is 0.400. The van der Waals surface area contributed by atoms with Crippen molar-refractivity contribution in [3.63, 3.8) is 0 Å². The Bertz CT molecular complexity index is 638. The van der Waals surface area contributed by atoms with Crippen molar-refractivity contribution < 1.29 is 0 Å². The fourth-order valence-corrected chi connectivity index (χ4v) is 3.59. The zero-order chi connectivity index (χ0) is 15.7. The van der Waals surface area contributed by atoms with E-state index in [1.165, 1.54) is 22.3 Å². The number of hydrogen-bond donors (Lipinski definition) is 1. The second-order valence-corrected chi connectivity index (χ2v) is 7.13. The molecule has 1 unspecified atom stereocenters. The van der Waals surface area contributed by atoms with E-state index in [1.807, 2.05) is 0 Å². The molecule has 2 heteroatoms. The normalized spacial score (nSPS) is 19.0. The van der Waals surface area contributed by atoms with Crippen LogP contribution < -0.4 is 5.73 Å². The molecule has 116 valence electrons. The first-order valence-corrected chi connectivity index (χ1v) is 8.11. The maximum absolute atomic E-state index is 6.55. The van der Waals surface area contributed by atoms with Crippen LogP contribution in [0.5, 0.6) is 0 Å². The Hall–Kier alpha value is -1.64. The van der Waals surface area contributed by atoms with Crippen LogP contribution in [0.4, 0.5) is 0 Å². The number of nitrogens with zero attached hydrogens (tertiary/aromatic N) is 1. The van der Waals surface area contributed by atoms with Gasteiger partial charge in [-0.2, -0.15) is 0 Å². The molecule has 1 aliphatic heterocycles. The molecule has 0 saturated carbocycles. The SMILES string of the molecule is Cc1ccc(CN2CCc3ccccc3C2C(C)(C)N)cc1. The van der Waals surface area contributed by atoms with Crippen LogP contribution in [0, 0.1) is 6.92 Å². The lowest BCUT2D eigenvalue weighted by atomic mass is 9.82. The molecule has 22 heavy (non-hydrogen) atoms. The molecule has 1 aliphatic rings. The summed E-state index contributed by atoms with van der Waals surface area (Å²) < 4.78 is 0. The van der Waals surface area contributed by atoms with E-state index in [0.717, 1.165) is 19.5 Å². The van der Waals surface area contributed by atoms with Crippen molar-refractivity contribution >= 4 is 0 Å². The van der Waals surface area contributed by atoms with Gasteiger partial charge in [0.05, 0.1) is 6.04 Å². The highest BCUT2D eigenvalue weighted by Crippen LogP contribution is 2.37. The molecule has 2 nitrogen and oxygen atoms in total. The quantitative estimate of drug-likeness (QED) is 0.932. The molecule has 2 aromatic rings. The topological polar surface area (TPSA) is 29.3 Å². The average Bonchev–Trinajstić information content (AvgIpc) is 2.48. The lowest BCUT2D eigenvalue weighted by Gasteiger charge is -2.44. The van der Waals surface area contributed by atoms with Gasteiger partial charge in [-0.05, 0) is 43.9 Å². The van der Waals surface area contributed by atoms with E-state index in [9.17, 15) is 0 Å². The standard InChI is InChI=1S/C20H26N2/c1-15-8-10-16(11-9-15)14-22-13-12-17-6-4-5-7-18(17)19(22)20(2,3)21/h4-11,19H,12-14,21H2,1-3H3. The fourth-order valence-electron chi connectivity index (χ4n) is 3.59. The second kappa shape index (κ2) is 5.86. The van der Waals surface area contributed by atoms with Gasteiger partial charge in [-0.15, -0.1) is 0 Å². The van der Waals surface area contributed by atoms with Gasteiger partial charge in [-0.1, -0.05) is 54.1 Å². The highest BCUT2D eigenvalue weighted by molar-refractivity contribution is 5.35. The lowest BCUT2D eigenvalue weighted by Crippen LogP contribution is -2.50. The summed E-state index contributed by atoms with van der Waals surface area (Å²) >= 11 is 0. The molecule has 1 atom stereocenters. The van der Waals surface area contributed by atoms with Crippen LogP contribution >= 0.6 is 0 Å². The summed E-state index contributed by atoms with van der Waals surface area (Å²) in [6.07, 6.45) is 1.11. The lowest BCUT2D eigenvalue weighted by molar-refractivity contribution is 0.117. The largest absolute Gasteiger partial charge is 0.324 e. The first-order valence-electron chi connectivity index (χ1n) is 8.11. The minimum Gasteiger partial charge on any atom is -0.324 e. The maximum Gasteiger partial charge on any atom is 0.0528 e. The number of fused-ring (bicyclic) bond motifs is 1. The van der Waals surface area contributed by atoms with E-state index in [-0.39, 0.29) is 11.6 Å². The van der Waals surface area contributed by atoms with Gasteiger partial charge in [-0.3, -0.25) is 4.90 Å². The minimum absolute atomic E-state index is 0.263. The van der Waals surface area contributed by atoms with Gasteiger partial charge in [0.25, 0.3) is 0 Å². The third kappa shape index (κ3) is 3.08. The Kier molecular flexibility index (Phi) is 4.07. The second-order valence-electron chi connectivity index (χ2n) is 7.13. The van der Waals surface area contributed by atoms with Gasteiger partial charge >= 0.3 is 0 Å². The van der Waals surface area contributed by atoms with Crippen molar-refractivity contribution in [1.82, 2.24) is 4.90 Å². The van der Waals surface area contributed by atoms with Crippen molar-refractivity contribution in [2.24, 2.45) is 5.73 Å². The van der Waals surface area contributed by atoms with E-state index in [0.29, 0.717) is 0 Å². The number of hydrogen-bond acceptors (Lipinski definition) is 2. The van der Waals surface area contributed by atoms with Crippen LogP contribution in [0.3, 0.4) is 0 Å². The molecule has 2 N–H and O–H groups in total. The van der Waals surface area contributed by atoms with Gasteiger partial charge in [0.2, 0.25) is 0 Å². The Balaban J connectivity index is 1.92. The molecule has 2 aromatic carbocycles. The van der Waals surface area contributed by atoms with Crippen molar-refractivity contribution in [3.8, 4) is 0 Å². The number of rotatable bonds is 3. The van der Waals surface area contributed by atoms with E-state index in [1.54, 1.807) is 0 Å². The molecular formula is C20H26N2. The van der Waals surface area contributed by atoms with Crippen LogP contribution in [0.25, 0.3) is 0 Å². The predicted molar refractivity (Wildman–Crippen MR) is 92.7 cm³/mol. The van der Waals surface area contributed by atoms with E-state index < -0.39 is 0 Å². The highest BCUT2D eigenvalue weighted by atomic mass is 15.2. The van der Waals surface area contributed by atoms with Crippen molar-refractivity contribution in [3.05, 3.63) is 70.8 Å². The van der Waals surface area contributed by atoms with Crippen LogP contribution in [0.2, 0.25) is 0 Å². The molecule has 0 fully saturated rings. The van der Waals surface area contributed by atoms with Crippen LogP contribution in [0.15, 0.2) is 48.5 Å². The first kappa shape index (κ1) is 15.3. The van der Waals surface area contributed by atoms with Gasteiger partial charge < -0.3 is 5.73 Å². The summed E-state index contributed by atoms with van der Waals surface area (Å²) in [6, 6.07) is 17.9. The third-order valence-corrected chi connectivity index (χ3v) is 4.59. The van der Waals surface area contributed by atoms with Gasteiger partial charge in [-0.25, -0.2) is 0 Å². The predicted octanol–water partition coefficient (Wildman–Crippen LogP) is 3.83. The molecule has 3 rings (SSSR count). The zero-order valence-electron chi connectivity index (χ0n) is 13.8. The summed E-state index contributed by atoms with van der Waals surface area (Å²) in [7, 11) is 0. The molecule has 0 bridgehead atoms. The maximum atomic E-state index is 6.55. The number of aryl methyl sites for hydroxylation is 1. The summed E-state index contributed by atoms with van der Waals surface area (Å²) in [5, 5.41) is 0. The Labute approximate surface area is 134 Å². The number of benzene rings is 2. The van der Waals surface area contributed by atoms with Crippen LogP contribution in [-0.4, -0.2) is 17.0 Å². The van der Waals surface area contributed by atoms with Crippen molar-refractivity contribution in [2.75, 3.05) is 6.54 Å². The molecule has 1 heterocycles. The summed E-state index contributed by atoms with van der Waals surface area (Å²) in [6.45, 7) is 8.44. The Morgan fingerprint density at radius 3 is 2.45 bits per heavy atom. The molecule has 0 aromatic heterocycles. The minimum atomic E-state index is -0.263. The van der Waals surface area contributed by atoms with Crippen LogP contribution in [0.1, 0.15) is 42.1 Å². The molecule has 0 amide bonds. The summed E-state index contributed by atoms with van der Waals surface area (Å²) in [5.74, 6) is 0. The Morgan fingerprint density at radius 1 is 1.09 bits per heavy atom. The highest BCUT2D eigenvalue weighted by Gasteiger charge is 2.36. The van der Waals surface area contributed by atoms with E-state index >= 15 is 0 Å². The van der Waals surface area contributed by atoms with Crippen LogP contribution in [-0.2, 0) is 13.0 Å². The molecular weight excluding hydrogens is 268 g/mol. The van der Waals surface area contributed by atoms with Gasteiger partial charge in [0, 0.05) is 18.6 Å². The van der Waals surface area contributed by atoms with E-state index in [4.69, 9.17) is 5.73 Å². The first-order chi connectivity index (χ1) is 10.4. The molecule has 0 saturated heterocycles. The van der Waals surface area contributed by atoms with Gasteiger partial charge in [0.15, 0.2) is 0 Å².